The maximum atomic E-state index is 11.6. The molecule has 1 aromatic heterocycles. The Bertz CT molecular complexity index is 408. The lowest BCUT2D eigenvalue weighted by atomic mass is 10.1. The van der Waals surface area contributed by atoms with E-state index in [2.05, 4.69) is 9.71 Å². The summed E-state index contributed by atoms with van der Waals surface area (Å²) in [5.41, 5.74) is 0.893. The van der Waals surface area contributed by atoms with Crippen LogP contribution in [-0.4, -0.2) is 25.0 Å². The fraction of sp³-hybridized carbons (Fsp3) is 0.500. The third-order valence-electron chi connectivity index (χ3n) is 2.11. The van der Waals surface area contributed by atoms with Crippen LogP contribution in [0.4, 0.5) is 0 Å². The van der Waals surface area contributed by atoms with Crippen LogP contribution in [0.5, 0.6) is 0 Å². The Balaban J connectivity index is 2.61. The van der Waals surface area contributed by atoms with E-state index in [1.54, 1.807) is 31.5 Å². The summed E-state index contributed by atoms with van der Waals surface area (Å²) < 4.78 is 25.8. The van der Waals surface area contributed by atoms with Gasteiger partial charge in [-0.05, 0) is 31.0 Å². The van der Waals surface area contributed by atoms with Crippen LogP contribution in [-0.2, 0) is 10.0 Å². The molecule has 0 aliphatic rings. The molecule has 0 aromatic carbocycles. The molecule has 90 valence electrons. The van der Waals surface area contributed by atoms with Crippen LogP contribution in [0.25, 0.3) is 0 Å². The number of nitrogens with zero attached hydrogens (tertiary/aromatic N) is 1. The molecule has 6 heteroatoms. The number of sulfonamides is 1. The molecule has 1 aromatic rings. The molecule has 1 rings (SSSR count). The third kappa shape index (κ3) is 4.47. The topological polar surface area (TPSA) is 59.1 Å². The Hall–Kier alpha value is -0.650. The van der Waals surface area contributed by atoms with Gasteiger partial charge in [-0.25, -0.2) is 13.1 Å². The van der Waals surface area contributed by atoms with Gasteiger partial charge in [-0.1, -0.05) is 0 Å². The molecule has 0 radical (unpaired) electrons. The van der Waals surface area contributed by atoms with Crippen LogP contribution < -0.4 is 4.72 Å². The molecule has 0 aliphatic heterocycles. The first kappa shape index (κ1) is 13.4. The quantitative estimate of drug-likeness (QED) is 0.794. The van der Waals surface area contributed by atoms with E-state index in [0.717, 1.165) is 5.56 Å². The Labute approximate surface area is 101 Å². The van der Waals surface area contributed by atoms with Crippen LogP contribution in [0.1, 0.15) is 24.9 Å². The van der Waals surface area contributed by atoms with Gasteiger partial charge in [0.15, 0.2) is 0 Å². The van der Waals surface area contributed by atoms with Gasteiger partial charge in [0.2, 0.25) is 10.0 Å². The van der Waals surface area contributed by atoms with Gasteiger partial charge >= 0.3 is 0 Å². The van der Waals surface area contributed by atoms with Gasteiger partial charge in [0.1, 0.15) is 0 Å². The molecule has 1 N–H and O–H groups in total. The Morgan fingerprint density at radius 3 is 2.62 bits per heavy atom. The van der Waals surface area contributed by atoms with Crippen molar-refractivity contribution < 1.29 is 8.42 Å². The van der Waals surface area contributed by atoms with Gasteiger partial charge in [0.05, 0.1) is 5.75 Å². The molecule has 0 unspecified atom stereocenters. The largest absolute Gasteiger partial charge is 0.265 e. The SMILES string of the molecule is C[C@H](NS(=O)(=O)CCCCl)c1ccncc1. The second-order valence-electron chi connectivity index (χ2n) is 3.48. The van der Waals surface area contributed by atoms with Gasteiger partial charge in [-0.15, -0.1) is 11.6 Å². The van der Waals surface area contributed by atoms with Crippen molar-refractivity contribution in [1.29, 1.82) is 0 Å². The summed E-state index contributed by atoms with van der Waals surface area (Å²) in [6.07, 6.45) is 3.73. The molecule has 4 nitrogen and oxygen atoms in total. The van der Waals surface area contributed by atoms with Crippen molar-refractivity contribution in [3.8, 4) is 0 Å². The normalized spacial score (nSPS) is 13.6. The standard InChI is InChI=1S/C10H15ClN2O2S/c1-9(10-3-6-12-7-4-10)13-16(14,15)8-2-5-11/h3-4,6-7,9,13H,2,5,8H2,1H3/t9-/m0/s1. The van der Waals surface area contributed by atoms with E-state index in [9.17, 15) is 8.42 Å². The Kier molecular flexibility index (Phi) is 5.18. The van der Waals surface area contributed by atoms with E-state index < -0.39 is 10.0 Å². The molecule has 1 heterocycles. The summed E-state index contributed by atoms with van der Waals surface area (Å²) in [7, 11) is -3.25. The highest BCUT2D eigenvalue weighted by Gasteiger charge is 2.14. The van der Waals surface area contributed by atoms with Gasteiger partial charge in [0.25, 0.3) is 0 Å². The molecule has 0 fully saturated rings. The number of hydrogen-bond acceptors (Lipinski definition) is 3. The number of rotatable bonds is 6. The molecule has 0 amide bonds. The van der Waals surface area contributed by atoms with Crippen LogP contribution in [0, 0.1) is 0 Å². The average Bonchev–Trinajstić information content (AvgIpc) is 2.27. The second-order valence-corrected chi connectivity index (χ2v) is 5.73. The molecular formula is C10H15ClN2O2S. The van der Waals surface area contributed by atoms with E-state index in [4.69, 9.17) is 11.6 Å². The number of alkyl halides is 1. The molecule has 0 saturated carbocycles. The minimum absolute atomic E-state index is 0.0614. The highest BCUT2D eigenvalue weighted by atomic mass is 35.5. The lowest BCUT2D eigenvalue weighted by Crippen LogP contribution is -2.29. The van der Waals surface area contributed by atoms with Gasteiger partial charge < -0.3 is 0 Å². The summed E-state index contributed by atoms with van der Waals surface area (Å²) in [4.78, 5) is 3.88. The first-order chi connectivity index (χ1) is 7.55. The highest BCUT2D eigenvalue weighted by molar-refractivity contribution is 7.89. The highest BCUT2D eigenvalue weighted by Crippen LogP contribution is 2.11. The summed E-state index contributed by atoms with van der Waals surface area (Å²) in [5.74, 6) is 0.413. The number of nitrogens with one attached hydrogen (secondary N) is 1. The maximum Gasteiger partial charge on any atom is 0.212 e. The van der Waals surface area contributed by atoms with Gasteiger partial charge in [-0.3, -0.25) is 4.98 Å². The molecular weight excluding hydrogens is 248 g/mol. The summed E-state index contributed by atoms with van der Waals surface area (Å²) in [6, 6.07) is 3.33. The second kappa shape index (κ2) is 6.18. The molecule has 1 atom stereocenters. The van der Waals surface area contributed by atoms with E-state index in [0.29, 0.717) is 12.3 Å². The number of pyridine rings is 1. The summed E-state index contributed by atoms with van der Waals surface area (Å²) in [5, 5.41) is 0. The number of halogens is 1. The molecule has 0 bridgehead atoms. The number of aromatic nitrogens is 1. The summed E-state index contributed by atoms with van der Waals surface area (Å²) in [6.45, 7) is 1.80. The van der Waals surface area contributed by atoms with E-state index in [1.807, 2.05) is 0 Å². The van der Waals surface area contributed by atoms with Crippen molar-refractivity contribution in [2.75, 3.05) is 11.6 Å². The predicted octanol–water partition coefficient (Wildman–Crippen LogP) is 1.69. The third-order valence-corrected chi connectivity index (χ3v) is 3.92. The smallest absolute Gasteiger partial charge is 0.212 e. The fourth-order valence-corrected chi connectivity index (χ4v) is 2.90. The fourth-order valence-electron chi connectivity index (χ4n) is 1.29. The Morgan fingerprint density at radius 1 is 1.44 bits per heavy atom. The monoisotopic (exact) mass is 262 g/mol. The zero-order valence-electron chi connectivity index (χ0n) is 9.06. The van der Waals surface area contributed by atoms with Crippen molar-refractivity contribution in [1.82, 2.24) is 9.71 Å². The zero-order chi connectivity index (χ0) is 12.0. The van der Waals surface area contributed by atoms with Crippen molar-refractivity contribution in [2.45, 2.75) is 19.4 Å². The van der Waals surface area contributed by atoms with Crippen molar-refractivity contribution in [2.24, 2.45) is 0 Å². The molecule has 16 heavy (non-hydrogen) atoms. The van der Waals surface area contributed by atoms with Gasteiger partial charge in [-0.2, -0.15) is 0 Å². The van der Waals surface area contributed by atoms with E-state index >= 15 is 0 Å². The van der Waals surface area contributed by atoms with Gasteiger partial charge in [0, 0.05) is 24.3 Å². The first-order valence-corrected chi connectivity index (χ1v) is 7.20. The number of hydrogen-bond donors (Lipinski definition) is 1. The lowest BCUT2D eigenvalue weighted by molar-refractivity contribution is 0.565. The van der Waals surface area contributed by atoms with E-state index in [1.165, 1.54) is 0 Å². The summed E-state index contributed by atoms with van der Waals surface area (Å²) >= 11 is 5.46. The van der Waals surface area contributed by atoms with Crippen LogP contribution in [0.2, 0.25) is 0 Å². The zero-order valence-corrected chi connectivity index (χ0v) is 10.6. The predicted molar refractivity (Wildman–Crippen MR) is 64.9 cm³/mol. The minimum atomic E-state index is -3.25. The lowest BCUT2D eigenvalue weighted by Gasteiger charge is -2.13. The first-order valence-electron chi connectivity index (χ1n) is 5.01. The molecule has 0 aliphatic carbocycles. The minimum Gasteiger partial charge on any atom is -0.265 e. The van der Waals surface area contributed by atoms with Crippen LogP contribution in [0.15, 0.2) is 24.5 Å². The van der Waals surface area contributed by atoms with Crippen LogP contribution in [0.3, 0.4) is 0 Å². The van der Waals surface area contributed by atoms with Crippen molar-refractivity contribution in [3.05, 3.63) is 30.1 Å². The average molecular weight is 263 g/mol. The van der Waals surface area contributed by atoms with Crippen molar-refractivity contribution >= 4 is 21.6 Å². The molecule has 0 saturated heterocycles. The maximum absolute atomic E-state index is 11.6. The Morgan fingerprint density at radius 2 is 2.06 bits per heavy atom. The van der Waals surface area contributed by atoms with Crippen LogP contribution >= 0.6 is 11.6 Å². The van der Waals surface area contributed by atoms with Crippen molar-refractivity contribution in [3.63, 3.8) is 0 Å². The molecule has 0 spiro atoms. The van der Waals surface area contributed by atoms with E-state index in [-0.39, 0.29) is 11.8 Å².